The molecular formula is C17H22N2. The van der Waals surface area contributed by atoms with E-state index in [0.717, 1.165) is 25.8 Å². The van der Waals surface area contributed by atoms with Gasteiger partial charge in [0.05, 0.1) is 11.5 Å². The van der Waals surface area contributed by atoms with E-state index >= 15 is 0 Å². The number of hydrogen-bond acceptors (Lipinski definition) is 1. The Kier molecular flexibility index (Phi) is 3.95. The van der Waals surface area contributed by atoms with E-state index in [1.54, 1.807) is 0 Å². The average molecular weight is 254 g/mol. The molecule has 0 unspecified atom stereocenters. The largest absolute Gasteiger partial charge is 0.347 e. The summed E-state index contributed by atoms with van der Waals surface area (Å²) in [5.41, 5.74) is 2.44. The minimum absolute atomic E-state index is 0.185. The summed E-state index contributed by atoms with van der Waals surface area (Å²) < 4.78 is 2.32. The van der Waals surface area contributed by atoms with Crippen molar-refractivity contribution in [3.8, 4) is 6.07 Å². The van der Waals surface area contributed by atoms with Gasteiger partial charge in [0.15, 0.2) is 0 Å². The van der Waals surface area contributed by atoms with Crippen LogP contribution in [0.4, 0.5) is 0 Å². The van der Waals surface area contributed by atoms with Gasteiger partial charge in [-0.05, 0) is 56.7 Å². The fourth-order valence-electron chi connectivity index (χ4n) is 2.39. The first-order chi connectivity index (χ1) is 9.02. The maximum Gasteiger partial charge on any atom is 0.0683 e. The second kappa shape index (κ2) is 5.48. The van der Waals surface area contributed by atoms with Crippen molar-refractivity contribution < 1.29 is 0 Å². The van der Waals surface area contributed by atoms with E-state index in [-0.39, 0.29) is 5.41 Å². The third kappa shape index (κ3) is 3.38. The number of unbranched alkanes of at least 4 members (excludes halogenated alkanes) is 1. The average Bonchev–Trinajstić information content (AvgIpc) is 2.77. The Bertz CT molecular complexity index is 599. The molecule has 100 valence electrons. The molecule has 0 N–H and O–H groups in total. The van der Waals surface area contributed by atoms with Crippen LogP contribution in [0.1, 0.15) is 38.7 Å². The Morgan fingerprint density at radius 2 is 2.00 bits per heavy atom. The molecule has 2 rings (SSSR count). The van der Waals surface area contributed by atoms with Crippen LogP contribution >= 0.6 is 0 Å². The third-order valence-corrected chi connectivity index (χ3v) is 3.68. The zero-order chi connectivity index (χ0) is 13.9. The van der Waals surface area contributed by atoms with Gasteiger partial charge in [0.1, 0.15) is 0 Å². The van der Waals surface area contributed by atoms with E-state index in [1.165, 1.54) is 16.5 Å². The zero-order valence-corrected chi connectivity index (χ0v) is 12.1. The van der Waals surface area contributed by atoms with Crippen molar-refractivity contribution in [1.29, 1.82) is 5.26 Å². The Labute approximate surface area is 115 Å². The summed E-state index contributed by atoms with van der Waals surface area (Å²) in [7, 11) is 0. The lowest BCUT2D eigenvalue weighted by molar-refractivity contribution is 0.418. The Morgan fingerprint density at radius 1 is 1.21 bits per heavy atom. The normalized spacial score (nSPS) is 11.7. The number of rotatable bonds is 5. The molecule has 2 aromatic rings. The molecule has 0 saturated heterocycles. The van der Waals surface area contributed by atoms with Gasteiger partial charge in [-0.3, -0.25) is 0 Å². The number of benzene rings is 1. The van der Waals surface area contributed by atoms with Crippen LogP contribution in [0, 0.1) is 23.7 Å². The number of aryl methyl sites for hydroxylation is 2. The monoisotopic (exact) mass is 254 g/mol. The van der Waals surface area contributed by atoms with Gasteiger partial charge >= 0.3 is 0 Å². The fourth-order valence-corrected chi connectivity index (χ4v) is 2.39. The summed E-state index contributed by atoms with van der Waals surface area (Å²) in [5.74, 6) is 0. The maximum absolute atomic E-state index is 8.99. The van der Waals surface area contributed by atoms with Crippen molar-refractivity contribution in [3.63, 3.8) is 0 Å². The molecule has 1 aromatic carbocycles. The third-order valence-electron chi connectivity index (χ3n) is 3.68. The van der Waals surface area contributed by atoms with Crippen LogP contribution in [0.25, 0.3) is 10.9 Å². The van der Waals surface area contributed by atoms with Crippen LogP contribution in [0.15, 0.2) is 30.5 Å². The second-order valence-electron chi connectivity index (χ2n) is 6.02. The highest BCUT2D eigenvalue weighted by Gasteiger charge is 2.15. The van der Waals surface area contributed by atoms with Gasteiger partial charge in [0.25, 0.3) is 0 Å². The minimum Gasteiger partial charge on any atom is -0.347 e. The SMILES string of the molecule is Cc1ccc2ccn(CCCCC(C)(C)C#N)c2c1. The number of hydrogen-bond donors (Lipinski definition) is 0. The highest BCUT2D eigenvalue weighted by atomic mass is 14.9. The summed E-state index contributed by atoms with van der Waals surface area (Å²) in [6, 6.07) is 11.1. The molecule has 0 spiro atoms. The Morgan fingerprint density at radius 3 is 2.74 bits per heavy atom. The molecular weight excluding hydrogens is 232 g/mol. The molecule has 0 saturated carbocycles. The summed E-state index contributed by atoms with van der Waals surface area (Å²) in [6.07, 6.45) is 5.37. The number of nitriles is 1. The molecule has 0 aliphatic rings. The first-order valence-corrected chi connectivity index (χ1v) is 6.99. The number of aromatic nitrogens is 1. The van der Waals surface area contributed by atoms with E-state index in [4.69, 9.17) is 5.26 Å². The van der Waals surface area contributed by atoms with Crippen LogP contribution in [0.3, 0.4) is 0 Å². The van der Waals surface area contributed by atoms with E-state index in [0.29, 0.717) is 0 Å². The summed E-state index contributed by atoms with van der Waals surface area (Å²) in [6.45, 7) is 7.20. The fraction of sp³-hybridized carbons (Fsp3) is 0.471. The molecule has 2 nitrogen and oxygen atoms in total. The molecule has 0 bridgehead atoms. The van der Waals surface area contributed by atoms with Gasteiger partial charge in [-0.25, -0.2) is 0 Å². The topological polar surface area (TPSA) is 28.7 Å². The zero-order valence-electron chi connectivity index (χ0n) is 12.1. The summed E-state index contributed by atoms with van der Waals surface area (Å²) in [5, 5.41) is 10.3. The quantitative estimate of drug-likeness (QED) is 0.713. The van der Waals surface area contributed by atoms with Gasteiger partial charge in [-0.1, -0.05) is 18.6 Å². The van der Waals surface area contributed by atoms with Crippen LogP contribution in [0.2, 0.25) is 0 Å². The second-order valence-corrected chi connectivity index (χ2v) is 6.02. The van der Waals surface area contributed by atoms with E-state index in [1.807, 2.05) is 13.8 Å². The highest BCUT2D eigenvalue weighted by molar-refractivity contribution is 5.80. The molecule has 0 radical (unpaired) electrons. The predicted octanol–water partition coefficient (Wildman–Crippen LogP) is 4.67. The number of nitrogens with zero attached hydrogens (tertiary/aromatic N) is 2. The first-order valence-electron chi connectivity index (χ1n) is 6.99. The lowest BCUT2D eigenvalue weighted by Gasteiger charge is -2.14. The summed E-state index contributed by atoms with van der Waals surface area (Å²) in [4.78, 5) is 0. The van der Waals surface area contributed by atoms with E-state index in [9.17, 15) is 0 Å². The van der Waals surface area contributed by atoms with Gasteiger partial charge < -0.3 is 4.57 Å². The Balaban J connectivity index is 1.96. The van der Waals surface area contributed by atoms with Crippen molar-refractivity contribution in [1.82, 2.24) is 4.57 Å². The standard InChI is InChI=1S/C17H22N2/c1-14-6-7-15-8-11-19(16(15)12-14)10-5-4-9-17(2,3)13-18/h6-8,11-12H,4-5,9-10H2,1-3H3. The minimum atomic E-state index is -0.185. The van der Waals surface area contributed by atoms with Crippen molar-refractivity contribution in [3.05, 3.63) is 36.0 Å². The van der Waals surface area contributed by atoms with Crippen LogP contribution in [-0.2, 0) is 6.54 Å². The number of fused-ring (bicyclic) bond motifs is 1. The summed E-state index contributed by atoms with van der Waals surface area (Å²) >= 11 is 0. The predicted molar refractivity (Wildman–Crippen MR) is 79.9 cm³/mol. The molecule has 0 atom stereocenters. The van der Waals surface area contributed by atoms with Gasteiger partial charge in [0, 0.05) is 18.3 Å². The smallest absolute Gasteiger partial charge is 0.0683 e. The lowest BCUT2D eigenvalue weighted by Crippen LogP contribution is -2.08. The van der Waals surface area contributed by atoms with Crippen molar-refractivity contribution >= 4 is 10.9 Å². The van der Waals surface area contributed by atoms with Crippen molar-refractivity contribution in [2.45, 2.75) is 46.6 Å². The molecule has 1 heterocycles. The molecule has 0 fully saturated rings. The Hall–Kier alpha value is -1.75. The maximum atomic E-state index is 8.99. The highest BCUT2D eigenvalue weighted by Crippen LogP contribution is 2.23. The first kappa shape index (κ1) is 13.7. The molecule has 19 heavy (non-hydrogen) atoms. The van der Waals surface area contributed by atoms with Crippen LogP contribution in [-0.4, -0.2) is 4.57 Å². The molecule has 2 heteroatoms. The van der Waals surface area contributed by atoms with Crippen molar-refractivity contribution in [2.24, 2.45) is 5.41 Å². The van der Waals surface area contributed by atoms with Gasteiger partial charge in [0.2, 0.25) is 0 Å². The van der Waals surface area contributed by atoms with Crippen LogP contribution in [0.5, 0.6) is 0 Å². The molecule has 0 aliphatic carbocycles. The van der Waals surface area contributed by atoms with Crippen LogP contribution < -0.4 is 0 Å². The van der Waals surface area contributed by atoms with Gasteiger partial charge in [-0.2, -0.15) is 5.26 Å². The molecule has 0 amide bonds. The molecule has 1 aromatic heterocycles. The van der Waals surface area contributed by atoms with E-state index in [2.05, 4.69) is 48.0 Å². The van der Waals surface area contributed by atoms with Gasteiger partial charge in [-0.15, -0.1) is 0 Å². The van der Waals surface area contributed by atoms with Crippen molar-refractivity contribution in [2.75, 3.05) is 0 Å². The molecule has 0 aliphatic heterocycles. The van der Waals surface area contributed by atoms with E-state index < -0.39 is 0 Å². The lowest BCUT2D eigenvalue weighted by atomic mass is 9.89.